The van der Waals surface area contributed by atoms with Gasteiger partial charge in [-0.1, -0.05) is 25.4 Å². The minimum Gasteiger partial charge on any atom is -0.491 e. The van der Waals surface area contributed by atoms with Crippen molar-refractivity contribution in [1.29, 1.82) is 0 Å². The molecule has 0 bridgehead atoms. The highest BCUT2D eigenvalue weighted by Gasteiger charge is 2.33. The van der Waals surface area contributed by atoms with Gasteiger partial charge in [0.2, 0.25) is 0 Å². The number of aliphatic hydroxyl groups is 1. The van der Waals surface area contributed by atoms with Gasteiger partial charge in [-0.15, -0.1) is 0 Å². The molecular formula is C24H34ClN3O3. The maximum Gasteiger partial charge on any atom is 0.272 e. The summed E-state index contributed by atoms with van der Waals surface area (Å²) in [5, 5.41) is 16.4. The van der Waals surface area contributed by atoms with E-state index in [1.165, 1.54) is 0 Å². The molecule has 3 rings (SSSR count). The van der Waals surface area contributed by atoms with Crippen LogP contribution in [0.5, 0.6) is 5.75 Å². The first-order valence-electron chi connectivity index (χ1n) is 11.0. The van der Waals surface area contributed by atoms with Crippen LogP contribution >= 0.6 is 11.6 Å². The lowest BCUT2D eigenvalue weighted by Crippen LogP contribution is -2.38. The Morgan fingerprint density at radius 3 is 2.55 bits per heavy atom. The Kier molecular flexibility index (Phi) is 7.32. The van der Waals surface area contributed by atoms with Gasteiger partial charge < -0.3 is 14.7 Å². The fourth-order valence-corrected chi connectivity index (χ4v) is 4.25. The zero-order chi connectivity index (χ0) is 22.8. The summed E-state index contributed by atoms with van der Waals surface area (Å²) in [6.45, 7) is 9.46. The van der Waals surface area contributed by atoms with Gasteiger partial charge in [-0.05, 0) is 74.8 Å². The van der Waals surface area contributed by atoms with Crippen molar-refractivity contribution in [3.05, 3.63) is 45.7 Å². The van der Waals surface area contributed by atoms with E-state index in [1.807, 2.05) is 44.0 Å². The molecule has 0 radical (unpaired) electrons. The van der Waals surface area contributed by atoms with Gasteiger partial charge in [0, 0.05) is 25.2 Å². The van der Waals surface area contributed by atoms with E-state index < -0.39 is 5.60 Å². The number of nitrogens with zero attached hydrogens (tertiary/aromatic N) is 3. The topological polar surface area (TPSA) is 67.6 Å². The largest absolute Gasteiger partial charge is 0.491 e. The lowest BCUT2D eigenvalue weighted by atomic mass is 9.96. The Morgan fingerprint density at radius 1 is 1.23 bits per heavy atom. The van der Waals surface area contributed by atoms with Gasteiger partial charge >= 0.3 is 0 Å². The van der Waals surface area contributed by atoms with Crippen LogP contribution in [0.4, 0.5) is 0 Å². The number of halogens is 1. The molecule has 31 heavy (non-hydrogen) atoms. The summed E-state index contributed by atoms with van der Waals surface area (Å²) in [5.41, 5.74) is 2.48. The summed E-state index contributed by atoms with van der Waals surface area (Å²) >= 11 is 6.23. The van der Waals surface area contributed by atoms with Crippen LogP contribution in [0.2, 0.25) is 5.02 Å². The van der Waals surface area contributed by atoms with Crippen LogP contribution in [-0.4, -0.2) is 51.0 Å². The van der Waals surface area contributed by atoms with Gasteiger partial charge in [0.25, 0.3) is 5.91 Å². The molecule has 1 unspecified atom stereocenters. The van der Waals surface area contributed by atoms with Gasteiger partial charge in [-0.2, -0.15) is 5.10 Å². The lowest BCUT2D eigenvalue weighted by molar-refractivity contribution is -0.0163. The maximum atomic E-state index is 13.1. The SMILES string of the molecule is Cc1cc(OCC2(O)CCCN(C(=O)c3cc(CC(C)C)nn3C)CC2)cc(C)c1Cl. The normalized spacial score (nSPS) is 19.5. The molecule has 1 aromatic heterocycles. The predicted octanol–water partition coefficient (Wildman–Crippen LogP) is 4.33. The highest BCUT2D eigenvalue weighted by Crippen LogP contribution is 2.29. The van der Waals surface area contributed by atoms with Crippen LogP contribution in [-0.2, 0) is 13.5 Å². The van der Waals surface area contributed by atoms with Gasteiger partial charge in [0.1, 0.15) is 23.7 Å². The van der Waals surface area contributed by atoms with Crippen LogP contribution in [0.1, 0.15) is 60.4 Å². The average molecular weight is 448 g/mol. The van der Waals surface area contributed by atoms with Crippen molar-refractivity contribution in [3.8, 4) is 5.75 Å². The number of carbonyl (C=O) groups is 1. The summed E-state index contributed by atoms with van der Waals surface area (Å²) in [4.78, 5) is 14.9. The number of aryl methyl sites for hydroxylation is 3. The molecular weight excluding hydrogens is 414 g/mol. The van der Waals surface area contributed by atoms with Crippen LogP contribution in [0.25, 0.3) is 0 Å². The standard InChI is InChI=1S/C24H34ClN3O3/c1-16(2)11-19-14-21(27(5)26-19)23(29)28-9-6-7-24(30,8-10-28)15-31-20-12-17(3)22(25)18(4)13-20/h12-14,16,30H,6-11,15H2,1-5H3. The van der Waals surface area contributed by atoms with Crippen molar-refractivity contribution in [2.75, 3.05) is 19.7 Å². The molecule has 0 aliphatic carbocycles. The second-order valence-electron chi connectivity index (χ2n) is 9.27. The molecule has 1 atom stereocenters. The van der Waals surface area contributed by atoms with E-state index in [0.717, 1.165) is 34.7 Å². The number of amides is 1. The fourth-order valence-electron chi connectivity index (χ4n) is 4.14. The van der Waals surface area contributed by atoms with Crippen LogP contribution < -0.4 is 4.74 Å². The van der Waals surface area contributed by atoms with E-state index in [9.17, 15) is 9.90 Å². The van der Waals surface area contributed by atoms with Gasteiger partial charge in [0.15, 0.2) is 0 Å². The lowest BCUT2D eigenvalue weighted by Gasteiger charge is -2.27. The first-order chi connectivity index (χ1) is 14.6. The van der Waals surface area contributed by atoms with Crippen molar-refractivity contribution in [2.45, 2.75) is 59.0 Å². The van der Waals surface area contributed by atoms with E-state index in [2.05, 4.69) is 18.9 Å². The van der Waals surface area contributed by atoms with E-state index in [1.54, 1.807) is 4.68 Å². The fraction of sp³-hybridized carbons (Fsp3) is 0.583. The highest BCUT2D eigenvalue weighted by atomic mass is 35.5. The van der Waals surface area contributed by atoms with Gasteiger partial charge in [-0.25, -0.2) is 0 Å². The van der Waals surface area contributed by atoms with Crippen molar-refractivity contribution >= 4 is 17.5 Å². The minimum atomic E-state index is -0.967. The highest BCUT2D eigenvalue weighted by molar-refractivity contribution is 6.32. The first kappa shape index (κ1) is 23.6. The number of carbonyl (C=O) groups excluding carboxylic acids is 1. The zero-order valence-corrected chi connectivity index (χ0v) is 20.0. The van der Waals surface area contributed by atoms with Crippen molar-refractivity contribution in [3.63, 3.8) is 0 Å². The third kappa shape index (κ3) is 5.80. The molecule has 1 amide bonds. The quantitative estimate of drug-likeness (QED) is 0.715. The molecule has 1 N–H and O–H groups in total. The summed E-state index contributed by atoms with van der Waals surface area (Å²) in [6, 6.07) is 5.68. The third-order valence-electron chi connectivity index (χ3n) is 5.89. The third-order valence-corrected chi connectivity index (χ3v) is 6.49. The van der Waals surface area contributed by atoms with Crippen LogP contribution in [0.3, 0.4) is 0 Å². The Bertz CT molecular complexity index is 917. The average Bonchev–Trinajstić information content (AvgIpc) is 2.93. The van der Waals surface area contributed by atoms with Crippen molar-refractivity contribution in [2.24, 2.45) is 13.0 Å². The van der Waals surface area contributed by atoms with Crippen LogP contribution in [0, 0.1) is 19.8 Å². The number of ether oxygens (including phenoxy) is 1. The molecule has 1 aliphatic heterocycles. The minimum absolute atomic E-state index is 0.0286. The first-order valence-corrected chi connectivity index (χ1v) is 11.4. The molecule has 1 aromatic carbocycles. The van der Waals surface area contributed by atoms with E-state index >= 15 is 0 Å². The molecule has 7 heteroatoms. The Hall–Kier alpha value is -2.05. The molecule has 0 spiro atoms. The van der Waals surface area contributed by atoms with Gasteiger partial charge in [-0.3, -0.25) is 9.48 Å². The zero-order valence-electron chi connectivity index (χ0n) is 19.2. The monoisotopic (exact) mass is 447 g/mol. The molecule has 2 aromatic rings. The second-order valence-corrected chi connectivity index (χ2v) is 9.65. The van der Waals surface area contributed by atoms with Gasteiger partial charge in [0.05, 0.1) is 5.69 Å². The molecule has 1 fully saturated rings. The molecule has 0 saturated carbocycles. The van der Waals surface area contributed by atoms with Crippen LogP contribution in [0.15, 0.2) is 18.2 Å². The predicted molar refractivity (Wildman–Crippen MR) is 123 cm³/mol. The Morgan fingerprint density at radius 2 is 1.90 bits per heavy atom. The Labute approximate surface area is 190 Å². The molecule has 2 heterocycles. The molecule has 1 aliphatic rings. The summed E-state index contributed by atoms with van der Waals surface area (Å²) < 4.78 is 7.61. The molecule has 1 saturated heterocycles. The number of benzene rings is 1. The van der Waals surface area contributed by atoms with E-state index in [4.69, 9.17) is 16.3 Å². The van der Waals surface area contributed by atoms with E-state index in [-0.39, 0.29) is 12.5 Å². The summed E-state index contributed by atoms with van der Waals surface area (Å²) in [5.74, 6) is 1.16. The van der Waals surface area contributed by atoms with E-state index in [0.29, 0.717) is 43.3 Å². The maximum absolute atomic E-state index is 13.1. The number of rotatable bonds is 6. The summed E-state index contributed by atoms with van der Waals surface area (Å²) in [6.07, 6.45) is 2.64. The Balaban J connectivity index is 1.63. The second kappa shape index (κ2) is 9.61. The van der Waals surface area contributed by atoms with Crippen molar-refractivity contribution in [1.82, 2.24) is 14.7 Å². The molecule has 170 valence electrons. The summed E-state index contributed by atoms with van der Waals surface area (Å²) in [7, 11) is 1.81. The van der Waals surface area contributed by atoms with Crippen molar-refractivity contribution < 1.29 is 14.6 Å². The smallest absolute Gasteiger partial charge is 0.272 e. The number of aromatic nitrogens is 2. The number of hydrogen-bond donors (Lipinski definition) is 1. The number of hydrogen-bond acceptors (Lipinski definition) is 4. The number of likely N-dealkylation sites (tertiary alicyclic amines) is 1. The molecule has 6 nitrogen and oxygen atoms in total.